The molecule has 0 bridgehead atoms. The van der Waals surface area contributed by atoms with Crippen molar-refractivity contribution in [2.75, 3.05) is 18.6 Å². The highest BCUT2D eigenvalue weighted by molar-refractivity contribution is 9.10. The third-order valence-electron chi connectivity index (χ3n) is 4.46. The van der Waals surface area contributed by atoms with E-state index in [9.17, 15) is 9.90 Å². The van der Waals surface area contributed by atoms with Gasteiger partial charge in [-0.25, -0.2) is 0 Å². The lowest BCUT2D eigenvalue weighted by Crippen LogP contribution is -2.36. The van der Waals surface area contributed by atoms with Crippen molar-refractivity contribution in [3.05, 3.63) is 57.6 Å². The fourth-order valence-corrected chi connectivity index (χ4v) is 3.91. The standard InChI is InChI=1S/C22H28BrNO4S/c1-4-27-20-12-16(13-24-19(22(25)26)9-10-29-3)11-18(23)21(20)28-14-17-8-6-5-7-15(17)2/h5-8,11-12,19,24H,4,9-10,13-14H2,1-3H3,(H,25,26). The Morgan fingerprint density at radius 2 is 2.03 bits per heavy atom. The number of carbonyl (C=O) groups is 1. The van der Waals surface area contributed by atoms with Gasteiger partial charge in [-0.3, -0.25) is 4.79 Å². The SMILES string of the molecule is CCOc1cc(CNC(CCSC)C(=O)O)cc(Br)c1OCc1ccccc1C. The van der Waals surface area contributed by atoms with Crippen molar-refractivity contribution in [2.45, 2.75) is 39.5 Å². The fourth-order valence-electron chi connectivity index (χ4n) is 2.84. The number of hydrogen-bond donors (Lipinski definition) is 2. The Kier molecular flexibility index (Phi) is 9.84. The molecule has 0 amide bonds. The molecule has 2 rings (SSSR count). The Hall–Kier alpha value is -1.70. The van der Waals surface area contributed by atoms with Crippen molar-refractivity contribution >= 4 is 33.7 Å². The van der Waals surface area contributed by atoms with Crippen LogP contribution in [0.15, 0.2) is 40.9 Å². The van der Waals surface area contributed by atoms with Crippen LogP contribution < -0.4 is 14.8 Å². The average Bonchev–Trinajstić information content (AvgIpc) is 2.68. The van der Waals surface area contributed by atoms with Crippen LogP contribution >= 0.6 is 27.7 Å². The summed E-state index contributed by atoms with van der Waals surface area (Å²) in [7, 11) is 0. The number of carboxylic acids is 1. The molecule has 29 heavy (non-hydrogen) atoms. The lowest BCUT2D eigenvalue weighted by molar-refractivity contribution is -0.139. The summed E-state index contributed by atoms with van der Waals surface area (Å²) in [6.45, 7) is 5.37. The summed E-state index contributed by atoms with van der Waals surface area (Å²) in [5.41, 5.74) is 3.22. The molecule has 0 heterocycles. The predicted octanol–water partition coefficient (Wildman–Crippen LogP) is 5.03. The van der Waals surface area contributed by atoms with Gasteiger partial charge in [0.25, 0.3) is 0 Å². The quantitative estimate of drug-likeness (QED) is 0.442. The van der Waals surface area contributed by atoms with E-state index in [2.05, 4.69) is 34.2 Å². The van der Waals surface area contributed by atoms with Gasteiger partial charge in [0.15, 0.2) is 11.5 Å². The molecule has 0 aliphatic carbocycles. The number of hydrogen-bond acceptors (Lipinski definition) is 5. The van der Waals surface area contributed by atoms with Gasteiger partial charge in [0.05, 0.1) is 11.1 Å². The lowest BCUT2D eigenvalue weighted by atomic mass is 10.1. The van der Waals surface area contributed by atoms with E-state index in [0.717, 1.165) is 21.4 Å². The molecule has 2 aromatic rings. The van der Waals surface area contributed by atoms with Gasteiger partial charge in [-0.15, -0.1) is 0 Å². The normalized spacial score (nSPS) is 11.9. The third kappa shape index (κ3) is 7.24. The molecule has 0 saturated heterocycles. The number of rotatable bonds is 12. The molecule has 0 spiro atoms. The van der Waals surface area contributed by atoms with Crippen molar-refractivity contribution < 1.29 is 19.4 Å². The molecule has 7 heteroatoms. The van der Waals surface area contributed by atoms with E-state index in [0.29, 0.717) is 37.7 Å². The molecular formula is C22H28BrNO4S. The molecule has 1 atom stereocenters. The van der Waals surface area contributed by atoms with E-state index in [1.54, 1.807) is 11.8 Å². The number of aryl methyl sites for hydroxylation is 1. The second-order valence-corrected chi connectivity index (χ2v) is 8.45. The summed E-state index contributed by atoms with van der Waals surface area (Å²) in [5.74, 6) is 1.25. The number of ether oxygens (including phenoxy) is 2. The molecule has 2 N–H and O–H groups in total. The van der Waals surface area contributed by atoms with Gasteiger partial charge in [-0.1, -0.05) is 24.3 Å². The second-order valence-electron chi connectivity index (χ2n) is 6.61. The Bertz CT molecular complexity index is 815. The molecule has 158 valence electrons. The van der Waals surface area contributed by atoms with E-state index < -0.39 is 12.0 Å². The van der Waals surface area contributed by atoms with Crippen molar-refractivity contribution in [1.29, 1.82) is 0 Å². The zero-order valence-corrected chi connectivity index (χ0v) is 19.4. The molecule has 1 unspecified atom stereocenters. The molecule has 5 nitrogen and oxygen atoms in total. The van der Waals surface area contributed by atoms with E-state index in [4.69, 9.17) is 9.47 Å². The Morgan fingerprint density at radius 1 is 1.28 bits per heavy atom. The maximum Gasteiger partial charge on any atom is 0.320 e. The second kappa shape index (κ2) is 12.1. The highest BCUT2D eigenvalue weighted by atomic mass is 79.9. The van der Waals surface area contributed by atoms with Crippen LogP contribution in [0.2, 0.25) is 0 Å². The zero-order valence-electron chi connectivity index (χ0n) is 17.0. The first-order valence-corrected chi connectivity index (χ1v) is 11.7. The van der Waals surface area contributed by atoms with E-state index in [1.807, 2.05) is 43.5 Å². The first-order valence-electron chi connectivity index (χ1n) is 9.53. The van der Waals surface area contributed by atoms with Gasteiger partial charge >= 0.3 is 5.97 Å². The van der Waals surface area contributed by atoms with Crippen molar-refractivity contribution in [1.82, 2.24) is 5.32 Å². The van der Waals surface area contributed by atoms with Crippen LogP contribution in [0, 0.1) is 6.92 Å². The average molecular weight is 482 g/mol. The number of nitrogens with one attached hydrogen (secondary N) is 1. The third-order valence-corrected chi connectivity index (χ3v) is 5.70. The van der Waals surface area contributed by atoms with Gasteiger partial charge < -0.3 is 19.9 Å². The minimum Gasteiger partial charge on any atom is -0.490 e. The summed E-state index contributed by atoms with van der Waals surface area (Å²) < 4.78 is 12.6. The van der Waals surface area contributed by atoms with Crippen molar-refractivity contribution in [3.63, 3.8) is 0 Å². The number of benzene rings is 2. The van der Waals surface area contributed by atoms with Crippen LogP contribution in [-0.2, 0) is 17.9 Å². The zero-order chi connectivity index (χ0) is 21.2. The molecule has 2 aromatic carbocycles. The van der Waals surface area contributed by atoms with Crippen LogP contribution in [0.4, 0.5) is 0 Å². The van der Waals surface area contributed by atoms with Crippen LogP contribution in [0.1, 0.15) is 30.0 Å². The summed E-state index contributed by atoms with van der Waals surface area (Å²) in [6, 6.07) is 11.4. The minimum absolute atomic E-state index is 0.433. The Balaban J connectivity index is 2.14. The molecule has 0 radical (unpaired) electrons. The maximum atomic E-state index is 11.4. The first-order chi connectivity index (χ1) is 14.0. The van der Waals surface area contributed by atoms with E-state index in [1.165, 1.54) is 5.56 Å². The number of aliphatic carboxylic acids is 1. The largest absolute Gasteiger partial charge is 0.490 e. The fraction of sp³-hybridized carbons (Fsp3) is 0.409. The smallest absolute Gasteiger partial charge is 0.320 e. The Morgan fingerprint density at radius 3 is 2.69 bits per heavy atom. The van der Waals surface area contributed by atoms with Crippen LogP contribution in [0.3, 0.4) is 0 Å². The molecule has 0 saturated carbocycles. The highest BCUT2D eigenvalue weighted by Crippen LogP contribution is 2.37. The number of halogens is 1. The van der Waals surface area contributed by atoms with Crippen molar-refractivity contribution in [3.8, 4) is 11.5 Å². The minimum atomic E-state index is -0.832. The Labute approximate surface area is 185 Å². The van der Waals surface area contributed by atoms with Crippen LogP contribution in [-0.4, -0.2) is 35.7 Å². The monoisotopic (exact) mass is 481 g/mol. The first kappa shape index (κ1) is 23.6. The van der Waals surface area contributed by atoms with Gasteiger partial charge in [0.1, 0.15) is 12.6 Å². The maximum absolute atomic E-state index is 11.4. The molecule has 0 aliphatic rings. The summed E-state index contributed by atoms with van der Waals surface area (Å²) in [5, 5.41) is 12.5. The summed E-state index contributed by atoms with van der Waals surface area (Å²) in [6.07, 6.45) is 2.55. The van der Waals surface area contributed by atoms with Crippen molar-refractivity contribution in [2.24, 2.45) is 0 Å². The number of thioether (sulfide) groups is 1. The predicted molar refractivity (Wildman–Crippen MR) is 122 cm³/mol. The number of carboxylic acid groups (broad SMARTS) is 1. The lowest BCUT2D eigenvalue weighted by Gasteiger charge is -2.18. The van der Waals surface area contributed by atoms with Crippen LogP contribution in [0.5, 0.6) is 11.5 Å². The van der Waals surface area contributed by atoms with Gasteiger partial charge in [0, 0.05) is 6.54 Å². The van der Waals surface area contributed by atoms with Crippen LogP contribution in [0.25, 0.3) is 0 Å². The van der Waals surface area contributed by atoms with Gasteiger partial charge in [-0.05, 0) is 77.0 Å². The van der Waals surface area contributed by atoms with Gasteiger partial charge in [-0.2, -0.15) is 11.8 Å². The van der Waals surface area contributed by atoms with E-state index >= 15 is 0 Å². The topological polar surface area (TPSA) is 67.8 Å². The highest BCUT2D eigenvalue weighted by Gasteiger charge is 2.18. The molecule has 0 aliphatic heterocycles. The molecular weight excluding hydrogens is 454 g/mol. The summed E-state index contributed by atoms with van der Waals surface area (Å²) >= 11 is 5.23. The molecule has 0 fully saturated rings. The summed E-state index contributed by atoms with van der Waals surface area (Å²) in [4.78, 5) is 11.4. The molecule has 0 aromatic heterocycles. The van der Waals surface area contributed by atoms with Gasteiger partial charge in [0.2, 0.25) is 0 Å². The van der Waals surface area contributed by atoms with E-state index in [-0.39, 0.29) is 0 Å².